The Morgan fingerprint density at radius 3 is 2.42 bits per heavy atom. The maximum absolute atomic E-state index is 12.5. The molecule has 1 saturated heterocycles. The van der Waals surface area contributed by atoms with Gasteiger partial charge in [-0.05, 0) is 50.1 Å². The fraction of sp³-hybridized carbons (Fsp3) is 0.368. The van der Waals surface area contributed by atoms with Crippen LogP contribution in [0.3, 0.4) is 0 Å². The van der Waals surface area contributed by atoms with E-state index in [1.807, 2.05) is 72.1 Å². The first-order chi connectivity index (χ1) is 11.5. The molecule has 1 N–H and O–H groups in total. The van der Waals surface area contributed by atoms with Gasteiger partial charge in [-0.1, -0.05) is 12.1 Å². The van der Waals surface area contributed by atoms with Gasteiger partial charge in [0, 0.05) is 37.6 Å². The van der Waals surface area contributed by atoms with Crippen molar-refractivity contribution in [2.24, 2.45) is 0 Å². The summed E-state index contributed by atoms with van der Waals surface area (Å²) < 4.78 is 1.89. The Hall–Kier alpha value is -2.56. The van der Waals surface area contributed by atoms with Gasteiger partial charge in [0.25, 0.3) is 0 Å². The number of anilines is 1. The third-order valence-electron chi connectivity index (χ3n) is 4.58. The second-order valence-corrected chi connectivity index (χ2v) is 6.65. The van der Waals surface area contributed by atoms with E-state index in [1.165, 1.54) is 0 Å². The summed E-state index contributed by atoms with van der Waals surface area (Å²) in [6, 6.07) is 11.6. The fourth-order valence-corrected chi connectivity index (χ4v) is 2.94. The van der Waals surface area contributed by atoms with Gasteiger partial charge in [0.2, 0.25) is 11.8 Å². The molecular weight excluding hydrogens is 302 g/mol. The van der Waals surface area contributed by atoms with E-state index in [0.717, 1.165) is 24.2 Å². The zero-order valence-corrected chi connectivity index (χ0v) is 14.2. The fourth-order valence-electron chi connectivity index (χ4n) is 2.94. The first-order valence-corrected chi connectivity index (χ1v) is 8.29. The third-order valence-corrected chi connectivity index (χ3v) is 4.58. The minimum Gasteiger partial charge on any atom is -0.350 e. The zero-order chi connectivity index (χ0) is 17.2. The summed E-state index contributed by atoms with van der Waals surface area (Å²) in [5.74, 6) is 0.155. The highest BCUT2D eigenvalue weighted by atomic mass is 16.2. The molecule has 0 bridgehead atoms. The molecule has 0 saturated carbocycles. The average molecular weight is 325 g/mol. The number of aromatic nitrogens is 1. The number of benzene rings is 1. The Bertz CT molecular complexity index is 718. The molecule has 1 aromatic heterocycles. The van der Waals surface area contributed by atoms with Crippen molar-refractivity contribution in [1.82, 2.24) is 9.88 Å². The largest absolute Gasteiger partial charge is 0.350 e. The SMILES string of the molecule is CC(C)(C(=O)NCc1ccc(N2CCCC2=O)cc1)n1cccc1. The number of rotatable bonds is 5. The maximum Gasteiger partial charge on any atom is 0.245 e. The quantitative estimate of drug-likeness (QED) is 0.919. The standard InChI is InChI=1S/C19H23N3O2/c1-19(2,21-11-3-4-12-21)18(24)20-14-15-7-9-16(10-8-15)22-13-5-6-17(22)23/h3-4,7-12H,5-6,13-14H2,1-2H3,(H,20,24). The molecule has 5 nitrogen and oxygen atoms in total. The van der Waals surface area contributed by atoms with Crippen molar-refractivity contribution >= 4 is 17.5 Å². The lowest BCUT2D eigenvalue weighted by Gasteiger charge is -2.26. The summed E-state index contributed by atoms with van der Waals surface area (Å²) >= 11 is 0. The van der Waals surface area contributed by atoms with Crippen LogP contribution in [-0.4, -0.2) is 22.9 Å². The Kier molecular flexibility index (Phi) is 4.42. The van der Waals surface area contributed by atoms with Crippen LogP contribution in [0, 0.1) is 0 Å². The summed E-state index contributed by atoms with van der Waals surface area (Å²) in [6.07, 6.45) is 5.33. The number of hydrogen-bond acceptors (Lipinski definition) is 2. The van der Waals surface area contributed by atoms with Crippen molar-refractivity contribution in [3.8, 4) is 0 Å². The van der Waals surface area contributed by atoms with E-state index >= 15 is 0 Å². The number of carbonyl (C=O) groups excluding carboxylic acids is 2. The summed E-state index contributed by atoms with van der Waals surface area (Å²) in [5.41, 5.74) is 1.31. The van der Waals surface area contributed by atoms with Crippen LogP contribution in [-0.2, 0) is 21.7 Å². The number of nitrogens with one attached hydrogen (secondary N) is 1. The highest BCUT2D eigenvalue weighted by Gasteiger charge is 2.28. The van der Waals surface area contributed by atoms with Crippen LogP contribution in [0.2, 0.25) is 0 Å². The highest BCUT2D eigenvalue weighted by Crippen LogP contribution is 2.22. The number of amides is 2. The third kappa shape index (κ3) is 3.20. The van der Waals surface area contributed by atoms with Crippen LogP contribution in [0.15, 0.2) is 48.8 Å². The molecule has 0 unspecified atom stereocenters. The Morgan fingerprint density at radius 1 is 1.17 bits per heavy atom. The van der Waals surface area contributed by atoms with Gasteiger partial charge in [-0.3, -0.25) is 9.59 Å². The molecule has 5 heteroatoms. The van der Waals surface area contributed by atoms with Gasteiger partial charge < -0.3 is 14.8 Å². The van der Waals surface area contributed by atoms with Crippen LogP contribution in [0.4, 0.5) is 5.69 Å². The topological polar surface area (TPSA) is 54.3 Å². The monoisotopic (exact) mass is 325 g/mol. The lowest BCUT2D eigenvalue weighted by molar-refractivity contribution is -0.128. The predicted octanol–water partition coefficient (Wildman–Crippen LogP) is 2.67. The molecule has 1 aliphatic rings. The van der Waals surface area contributed by atoms with Gasteiger partial charge in [-0.2, -0.15) is 0 Å². The molecule has 1 aromatic carbocycles. The van der Waals surface area contributed by atoms with E-state index in [9.17, 15) is 9.59 Å². The molecule has 126 valence electrons. The molecule has 0 radical (unpaired) electrons. The minimum atomic E-state index is -0.634. The van der Waals surface area contributed by atoms with Gasteiger partial charge in [0.1, 0.15) is 5.54 Å². The first kappa shape index (κ1) is 16.3. The van der Waals surface area contributed by atoms with Crippen LogP contribution in [0.1, 0.15) is 32.3 Å². The van der Waals surface area contributed by atoms with E-state index in [2.05, 4.69) is 5.32 Å². The van der Waals surface area contributed by atoms with Crippen LogP contribution < -0.4 is 10.2 Å². The Morgan fingerprint density at radius 2 is 1.83 bits per heavy atom. The summed E-state index contributed by atoms with van der Waals surface area (Å²) in [6.45, 7) is 5.05. The molecule has 2 aromatic rings. The van der Waals surface area contributed by atoms with Gasteiger partial charge in [-0.25, -0.2) is 0 Å². The minimum absolute atomic E-state index is 0.0301. The van der Waals surface area contributed by atoms with Crippen molar-refractivity contribution in [1.29, 1.82) is 0 Å². The van der Waals surface area contributed by atoms with Crippen LogP contribution >= 0.6 is 0 Å². The van der Waals surface area contributed by atoms with E-state index in [4.69, 9.17) is 0 Å². The lowest BCUT2D eigenvalue weighted by atomic mass is 10.0. The normalized spacial score (nSPS) is 14.9. The second-order valence-electron chi connectivity index (χ2n) is 6.65. The number of nitrogens with zero attached hydrogens (tertiary/aromatic N) is 2. The second kappa shape index (κ2) is 6.51. The Labute approximate surface area is 142 Å². The summed E-state index contributed by atoms with van der Waals surface area (Å²) in [4.78, 5) is 26.1. The molecular formula is C19H23N3O2. The average Bonchev–Trinajstić information content (AvgIpc) is 3.25. The molecule has 1 aliphatic heterocycles. The predicted molar refractivity (Wildman–Crippen MR) is 93.6 cm³/mol. The van der Waals surface area contributed by atoms with Gasteiger partial charge in [0.05, 0.1) is 0 Å². The van der Waals surface area contributed by atoms with E-state index in [0.29, 0.717) is 13.0 Å². The molecule has 0 atom stereocenters. The smallest absolute Gasteiger partial charge is 0.245 e. The van der Waals surface area contributed by atoms with Crippen molar-refractivity contribution in [2.75, 3.05) is 11.4 Å². The Balaban J connectivity index is 1.60. The molecule has 3 rings (SSSR count). The van der Waals surface area contributed by atoms with E-state index in [-0.39, 0.29) is 11.8 Å². The van der Waals surface area contributed by atoms with Crippen molar-refractivity contribution in [3.05, 3.63) is 54.4 Å². The summed E-state index contributed by atoms with van der Waals surface area (Å²) in [5, 5.41) is 2.98. The highest BCUT2D eigenvalue weighted by molar-refractivity contribution is 5.95. The van der Waals surface area contributed by atoms with Gasteiger partial charge >= 0.3 is 0 Å². The van der Waals surface area contributed by atoms with E-state index < -0.39 is 5.54 Å². The van der Waals surface area contributed by atoms with Gasteiger partial charge in [-0.15, -0.1) is 0 Å². The molecule has 2 amide bonds. The van der Waals surface area contributed by atoms with Gasteiger partial charge in [0.15, 0.2) is 0 Å². The van der Waals surface area contributed by atoms with E-state index in [1.54, 1.807) is 0 Å². The van der Waals surface area contributed by atoms with Crippen LogP contribution in [0.25, 0.3) is 0 Å². The number of carbonyl (C=O) groups is 2. The zero-order valence-electron chi connectivity index (χ0n) is 14.2. The maximum atomic E-state index is 12.5. The summed E-state index contributed by atoms with van der Waals surface area (Å²) in [7, 11) is 0. The molecule has 2 heterocycles. The van der Waals surface area contributed by atoms with Crippen molar-refractivity contribution in [3.63, 3.8) is 0 Å². The first-order valence-electron chi connectivity index (χ1n) is 8.29. The molecule has 24 heavy (non-hydrogen) atoms. The van der Waals surface area contributed by atoms with Crippen molar-refractivity contribution < 1.29 is 9.59 Å². The lowest BCUT2D eigenvalue weighted by Crippen LogP contribution is -2.43. The van der Waals surface area contributed by atoms with Crippen LogP contribution in [0.5, 0.6) is 0 Å². The van der Waals surface area contributed by atoms with Crippen molar-refractivity contribution in [2.45, 2.75) is 38.8 Å². The number of hydrogen-bond donors (Lipinski definition) is 1. The molecule has 1 fully saturated rings. The molecule has 0 aliphatic carbocycles. The molecule has 0 spiro atoms.